The molecule has 1 saturated heterocycles. The van der Waals surface area contributed by atoms with E-state index in [2.05, 4.69) is 5.32 Å². The van der Waals surface area contributed by atoms with Gasteiger partial charge in [-0.25, -0.2) is 8.42 Å². The first-order chi connectivity index (χ1) is 11.9. The summed E-state index contributed by atoms with van der Waals surface area (Å²) >= 11 is 0. The smallest absolute Gasteiger partial charge is 0.262 e. The van der Waals surface area contributed by atoms with Crippen molar-refractivity contribution in [2.75, 3.05) is 11.5 Å². The minimum atomic E-state index is -3.09. The molecule has 0 aromatic heterocycles. The van der Waals surface area contributed by atoms with E-state index in [0.29, 0.717) is 12.0 Å². The van der Waals surface area contributed by atoms with Crippen LogP contribution >= 0.6 is 0 Å². The van der Waals surface area contributed by atoms with Crippen molar-refractivity contribution in [3.8, 4) is 11.8 Å². The Morgan fingerprint density at radius 2 is 2.16 bits per heavy atom. The summed E-state index contributed by atoms with van der Waals surface area (Å²) in [6.07, 6.45) is 3.47. The van der Waals surface area contributed by atoms with Crippen LogP contribution in [0.1, 0.15) is 18.9 Å². The van der Waals surface area contributed by atoms with Gasteiger partial charge in [-0.15, -0.1) is 0 Å². The Hall–Kier alpha value is -2.59. The summed E-state index contributed by atoms with van der Waals surface area (Å²) in [5.41, 5.74) is 1.53. The van der Waals surface area contributed by atoms with Gasteiger partial charge >= 0.3 is 0 Å². The Morgan fingerprint density at radius 3 is 2.84 bits per heavy atom. The number of carbonyl (C=O) groups is 1. The van der Waals surface area contributed by atoms with Crippen molar-refractivity contribution < 1.29 is 17.9 Å². The van der Waals surface area contributed by atoms with Crippen molar-refractivity contribution >= 4 is 21.8 Å². The third-order valence-corrected chi connectivity index (χ3v) is 6.03. The molecule has 7 heteroatoms. The van der Waals surface area contributed by atoms with Crippen molar-refractivity contribution in [1.29, 1.82) is 5.26 Å². The highest BCUT2D eigenvalue weighted by Gasteiger charge is 2.29. The number of hydrogen-bond acceptors (Lipinski definition) is 5. The Bertz CT molecular complexity index is 909. The number of sulfone groups is 1. The number of carbonyl (C=O) groups excluding carboxylic acids is 1. The number of ether oxygens (including phenoxy) is 1. The zero-order valence-corrected chi connectivity index (χ0v) is 14.5. The number of hydrogen-bond donors (Lipinski definition) is 1. The Balaban J connectivity index is 1.80. The molecule has 2 heterocycles. The number of para-hydroxylation sites is 1. The van der Waals surface area contributed by atoms with E-state index in [0.717, 1.165) is 11.3 Å². The molecule has 0 aliphatic carbocycles. The van der Waals surface area contributed by atoms with Crippen LogP contribution in [0.3, 0.4) is 0 Å². The first-order valence-corrected chi connectivity index (χ1v) is 9.80. The lowest BCUT2D eigenvalue weighted by Gasteiger charge is -2.23. The molecule has 2 aliphatic heterocycles. The summed E-state index contributed by atoms with van der Waals surface area (Å²) in [5, 5.41) is 12.0. The Morgan fingerprint density at radius 1 is 1.40 bits per heavy atom. The van der Waals surface area contributed by atoms with Gasteiger partial charge in [0, 0.05) is 11.6 Å². The second-order valence-corrected chi connectivity index (χ2v) is 8.41. The molecule has 0 radical (unpaired) electrons. The minimum absolute atomic E-state index is 0.0645. The summed E-state index contributed by atoms with van der Waals surface area (Å²) in [4.78, 5) is 12.3. The van der Waals surface area contributed by atoms with Gasteiger partial charge in [0.15, 0.2) is 9.84 Å². The largest absolute Gasteiger partial charge is 0.485 e. The summed E-state index contributed by atoms with van der Waals surface area (Å²) in [6.45, 7) is 1.84. The first-order valence-electron chi connectivity index (χ1n) is 7.98. The number of benzene rings is 1. The molecule has 3 rings (SSSR count). The van der Waals surface area contributed by atoms with E-state index in [1.54, 1.807) is 0 Å². The fraction of sp³-hybridized carbons (Fsp3) is 0.333. The summed E-state index contributed by atoms with van der Waals surface area (Å²) < 4.78 is 28.8. The predicted molar refractivity (Wildman–Crippen MR) is 93.4 cm³/mol. The topological polar surface area (TPSA) is 96.3 Å². The lowest BCUT2D eigenvalue weighted by atomic mass is 10.00. The van der Waals surface area contributed by atoms with Crippen LogP contribution in [0.5, 0.6) is 5.75 Å². The van der Waals surface area contributed by atoms with E-state index in [1.165, 1.54) is 6.08 Å². The molecule has 25 heavy (non-hydrogen) atoms. The molecule has 0 saturated carbocycles. The zero-order chi connectivity index (χ0) is 18.0. The van der Waals surface area contributed by atoms with Crippen molar-refractivity contribution in [2.45, 2.75) is 25.5 Å². The minimum Gasteiger partial charge on any atom is -0.485 e. The lowest BCUT2D eigenvalue weighted by Crippen LogP contribution is -2.36. The van der Waals surface area contributed by atoms with Gasteiger partial charge in [-0.05, 0) is 37.1 Å². The summed E-state index contributed by atoms with van der Waals surface area (Å²) in [6, 6.07) is 8.97. The van der Waals surface area contributed by atoms with Crippen LogP contribution in [0.15, 0.2) is 41.5 Å². The molecule has 1 fully saturated rings. The van der Waals surface area contributed by atoms with Crippen LogP contribution < -0.4 is 10.1 Å². The van der Waals surface area contributed by atoms with Gasteiger partial charge < -0.3 is 10.1 Å². The average Bonchev–Trinajstić information content (AvgIpc) is 2.91. The normalized spacial score (nSPS) is 24.5. The Kier molecular flexibility index (Phi) is 4.64. The predicted octanol–water partition coefficient (Wildman–Crippen LogP) is 1.60. The third kappa shape index (κ3) is 3.91. The van der Waals surface area contributed by atoms with Gasteiger partial charge in [-0.1, -0.05) is 18.2 Å². The number of nitrogens with zero attached hydrogens (tertiary/aromatic N) is 1. The van der Waals surface area contributed by atoms with Gasteiger partial charge in [-0.2, -0.15) is 5.26 Å². The molecule has 2 aliphatic rings. The van der Waals surface area contributed by atoms with Crippen LogP contribution in [0.4, 0.5) is 0 Å². The fourth-order valence-electron chi connectivity index (χ4n) is 2.91. The van der Waals surface area contributed by atoms with Gasteiger partial charge in [0.2, 0.25) is 0 Å². The molecule has 130 valence electrons. The standard InChI is InChI=1S/C18H18N2O4S/c1-12-14(8-13-4-2-3-5-17(13)24-12)9-15(10-19)18(21)20-16-6-7-25(22,23)11-16/h2-5,8-9,12,16H,6-7,11H2,1H3,(H,20,21)/b15-9+/t12-,16+/m1/s1. The van der Waals surface area contributed by atoms with Gasteiger partial charge in [0.05, 0.1) is 11.5 Å². The molecule has 0 unspecified atom stereocenters. The quantitative estimate of drug-likeness (QED) is 0.654. The van der Waals surface area contributed by atoms with Gasteiger partial charge in [0.1, 0.15) is 23.5 Å². The second kappa shape index (κ2) is 6.73. The van der Waals surface area contributed by atoms with Gasteiger partial charge in [0.25, 0.3) is 5.91 Å². The molecule has 1 aromatic carbocycles. The van der Waals surface area contributed by atoms with Crippen LogP contribution in [-0.4, -0.2) is 38.0 Å². The maximum absolute atomic E-state index is 12.3. The summed E-state index contributed by atoms with van der Waals surface area (Å²) in [7, 11) is -3.09. The molecule has 1 N–H and O–H groups in total. The van der Waals surface area contributed by atoms with E-state index >= 15 is 0 Å². The van der Waals surface area contributed by atoms with Crippen molar-refractivity contribution in [3.05, 3.63) is 47.1 Å². The van der Waals surface area contributed by atoms with Crippen molar-refractivity contribution in [3.63, 3.8) is 0 Å². The van der Waals surface area contributed by atoms with E-state index in [-0.39, 0.29) is 23.2 Å². The van der Waals surface area contributed by atoms with Crippen LogP contribution in [0, 0.1) is 11.3 Å². The highest BCUT2D eigenvalue weighted by Crippen LogP contribution is 2.30. The molecule has 0 bridgehead atoms. The maximum atomic E-state index is 12.3. The van der Waals surface area contributed by atoms with Crippen molar-refractivity contribution in [2.24, 2.45) is 0 Å². The van der Waals surface area contributed by atoms with E-state index in [1.807, 2.05) is 43.3 Å². The fourth-order valence-corrected chi connectivity index (χ4v) is 4.58. The lowest BCUT2D eigenvalue weighted by molar-refractivity contribution is -0.117. The second-order valence-electron chi connectivity index (χ2n) is 6.19. The maximum Gasteiger partial charge on any atom is 0.262 e. The first kappa shape index (κ1) is 17.2. The number of fused-ring (bicyclic) bond motifs is 1. The third-order valence-electron chi connectivity index (χ3n) is 4.26. The number of rotatable bonds is 3. The van der Waals surface area contributed by atoms with Crippen LogP contribution in [-0.2, 0) is 14.6 Å². The number of amides is 1. The molecule has 2 atom stereocenters. The number of nitriles is 1. The molecule has 1 aromatic rings. The van der Waals surface area contributed by atoms with Crippen LogP contribution in [0.2, 0.25) is 0 Å². The zero-order valence-electron chi connectivity index (χ0n) is 13.7. The van der Waals surface area contributed by atoms with Gasteiger partial charge in [-0.3, -0.25) is 4.79 Å². The molecule has 0 spiro atoms. The highest BCUT2D eigenvalue weighted by atomic mass is 32.2. The molecular formula is C18H18N2O4S. The highest BCUT2D eigenvalue weighted by molar-refractivity contribution is 7.91. The molecule has 1 amide bonds. The SMILES string of the molecule is C[C@H]1Oc2ccccc2C=C1/C=C(\C#N)C(=O)N[C@H]1CCS(=O)(=O)C1. The van der Waals surface area contributed by atoms with Crippen LogP contribution in [0.25, 0.3) is 6.08 Å². The van der Waals surface area contributed by atoms with E-state index in [9.17, 15) is 18.5 Å². The monoisotopic (exact) mass is 358 g/mol. The summed E-state index contributed by atoms with van der Waals surface area (Å²) in [5.74, 6) is 0.187. The number of nitrogens with one attached hydrogen (secondary N) is 1. The Labute approximate surface area is 146 Å². The van der Waals surface area contributed by atoms with E-state index in [4.69, 9.17) is 4.74 Å². The molecular weight excluding hydrogens is 340 g/mol. The van der Waals surface area contributed by atoms with E-state index < -0.39 is 21.8 Å². The average molecular weight is 358 g/mol. The molecule has 6 nitrogen and oxygen atoms in total. The van der Waals surface area contributed by atoms with Crippen molar-refractivity contribution in [1.82, 2.24) is 5.32 Å².